The molecule has 1 unspecified atom stereocenters. The number of benzene rings is 2. The number of fused-ring (bicyclic) bond motifs is 5. The maximum absolute atomic E-state index is 12.9. The highest BCUT2D eigenvalue weighted by Gasteiger charge is 2.62. The quantitative estimate of drug-likeness (QED) is 0.887. The molecule has 1 aliphatic carbocycles. The van der Waals surface area contributed by atoms with Gasteiger partial charge in [0.2, 0.25) is 23.4 Å². The van der Waals surface area contributed by atoms with E-state index in [-0.39, 0.29) is 17.2 Å². The van der Waals surface area contributed by atoms with Gasteiger partial charge in [0.15, 0.2) is 0 Å². The van der Waals surface area contributed by atoms with Crippen LogP contribution in [0.25, 0.3) is 0 Å². The lowest BCUT2D eigenvalue weighted by atomic mass is 9.88. The van der Waals surface area contributed by atoms with Crippen molar-refractivity contribution < 1.29 is 19.4 Å². The fraction of sp³-hybridized carbons (Fsp3) is 0.211. The number of carbonyl (C=O) groups excluding carboxylic acids is 2. The number of carbonyl (C=O) groups is 2. The molecule has 121 valence electrons. The van der Waals surface area contributed by atoms with Gasteiger partial charge in [0, 0.05) is 16.7 Å². The average molecular weight is 322 g/mol. The fourth-order valence-electron chi connectivity index (χ4n) is 3.44. The third kappa shape index (κ3) is 1.67. The number of primary amides is 1. The molecule has 2 aromatic rings. The highest BCUT2D eigenvalue weighted by atomic mass is 16.5. The molecule has 3 N–H and O–H groups in total. The van der Waals surface area contributed by atoms with E-state index in [1.54, 1.807) is 18.2 Å². The van der Waals surface area contributed by atoms with Crippen molar-refractivity contribution in [3.8, 4) is 5.75 Å². The molecule has 0 saturated carbocycles. The molecule has 24 heavy (non-hydrogen) atoms. The molecule has 0 spiro atoms. The number of ether oxygens (including phenoxy) is 1. The number of rotatable bonds is 2. The van der Waals surface area contributed by atoms with Gasteiger partial charge >= 0.3 is 0 Å². The third-order valence-corrected chi connectivity index (χ3v) is 4.73. The maximum Gasteiger partial charge on any atom is 0.249 e. The van der Waals surface area contributed by atoms with Crippen molar-refractivity contribution in [3.63, 3.8) is 0 Å². The Morgan fingerprint density at radius 3 is 2.67 bits per heavy atom. The van der Waals surface area contributed by atoms with E-state index in [4.69, 9.17) is 10.5 Å². The second-order valence-corrected chi connectivity index (χ2v) is 6.47. The van der Waals surface area contributed by atoms with Crippen LogP contribution in [-0.4, -0.2) is 16.8 Å². The SMILES string of the molecule is CC(C)c1ccc2c(c1)O[C]1c3cccc(C(N)=O)c3C(=O)C12O. The van der Waals surface area contributed by atoms with E-state index in [0.29, 0.717) is 22.8 Å². The van der Waals surface area contributed by atoms with Crippen molar-refractivity contribution in [1.82, 2.24) is 0 Å². The van der Waals surface area contributed by atoms with Crippen molar-refractivity contribution >= 4 is 11.7 Å². The molecule has 5 nitrogen and oxygen atoms in total. The molecule has 5 heteroatoms. The summed E-state index contributed by atoms with van der Waals surface area (Å²) in [5.41, 5.74) is 5.57. The van der Waals surface area contributed by atoms with Gasteiger partial charge in [0.25, 0.3) is 0 Å². The molecule has 2 aliphatic rings. The first-order chi connectivity index (χ1) is 11.4. The van der Waals surface area contributed by atoms with E-state index >= 15 is 0 Å². The van der Waals surface area contributed by atoms with E-state index in [1.165, 1.54) is 6.07 Å². The molecule has 0 aromatic heterocycles. The third-order valence-electron chi connectivity index (χ3n) is 4.73. The summed E-state index contributed by atoms with van der Waals surface area (Å²) in [6.45, 7) is 4.11. The Bertz CT molecular complexity index is 902. The Labute approximate surface area is 139 Å². The van der Waals surface area contributed by atoms with Crippen LogP contribution in [0.3, 0.4) is 0 Å². The summed E-state index contributed by atoms with van der Waals surface area (Å²) in [5.74, 6) is -0.511. The summed E-state index contributed by atoms with van der Waals surface area (Å²) in [4.78, 5) is 24.6. The maximum atomic E-state index is 12.9. The van der Waals surface area contributed by atoms with E-state index in [9.17, 15) is 14.7 Å². The number of hydrogen-bond acceptors (Lipinski definition) is 4. The van der Waals surface area contributed by atoms with Crippen LogP contribution >= 0.6 is 0 Å². The lowest BCUT2D eigenvalue weighted by Gasteiger charge is -2.18. The molecule has 4 rings (SSSR count). The largest absolute Gasteiger partial charge is 0.473 e. The Kier molecular flexibility index (Phi) is 2.90. The lowest BCUT2D eigenvalue weighted by Crippen LogP contribution is -2.34. The molecule has 0 bridgehead atoms. The molecule has 1 heterocycles. The van der Waals surface area contributed by atoms with Crippen LogP contribution < -0.4 is 10.5 Å². The number of ketones is 1. The zero-order chi connectivity index (χ0) is 17.2. The van der Waals surface area contributed by atoms with Crippen LogP contribution in [0.4, 0.5) is 0 Å². The molecule has 1 aliphatic heterocycles. The molecule has 1 atom stereocenters. The van der Waals surface area contributed by atoms with E-state index in [1.807, 2.05) is 12.1 Å². The number of aliphatic hydroxyl groups is 1. The Hall–Kier alpha value is -2.66. The lowest BCUT2D eigenvalue weighted by molar-refractivity contribution is 0.0332. The van der Waals surface area contributed by atoms with E-state index in [0.717, 1.165) is 5.56 Å². The van der Waals surface area contributed by atoms with Gasteiger partial charge in [-0.15, -0.1) is 0 Å². The van der Waals surface area contributed by atoms with Crippen LogP contribution in [-0.2, 0) is 5.60 Å². The minimum absolute atomic E-state index is 0.0942. The smallest absolute Gasteiger partial charge is 0.249 e. The molecule has 0 fully saturated rings. The number of nitrogens with two attached hydrogens (primary N) is 1. The first kappa shape index (κ1) is 14.9. The van der Waals surface area contributed by atoms with Gasteiger partial charge < -0.3 is 15.6 Å². The Balaban J connectivity index is 1.91. The normalized spacial score (nSPS) is 21.4. The molecular formula is C19H16NO4. The summed E-state index contributed by atoms with van der Waals surface area (Å²) in [6.07, 6.45) is 0.154. The fourth-order valence-corrected chi connectivity index (χ4v) is 3.44. The van der Waals surface area contributed by atoms with Gasteiger partial charge in [-0.05, 0) is 23.6 Å². The topological polar surface area (TPSA) is 89.6 Å². The van der Waals surface area contributed by atoms with E-state index in [2.05, 4.69) is 13.8 Å². The van der Waals surface area contributed by atoms with Gasteiger partial charge in [-0.1, -0.05) is 38.1 Å². The van der Waals surface area contributed by atoms with E-state index < -0.39 is 17.3 Å². The molecule has 0 saturated heterocycles. The molecule has 1 amide bonds. The predicted octanol–water partition coefficient (Wildman–Crippen LogP) is 2.27. The number of amides is 1. The molecule has 1 radical (unpaired) electrons. The zero-order valence-electron chi connectivity index (χ0n) is 13.3. The van der Waals surface area contributed by atoms with Crippen molar-refractivity contribution in [2.24, 2.45) is 5.73 Å². The van der Waals surface area contributed by atoms with Gasteiger partial charge in [0.05, 0.1) is 5.56 Å². The van der Waals surface area contributed by atoms with Crippen LogP contribution in [0.5, 0.6) is 5.75 Å². The summed E-state index contributed by atoms with van der Waals surface area (Å²) in [6, 6.07) is 10.2. The molecule has 2 aromatic carbocycles. The highest BCUT2D eigenvalue weighted by Crippen LogP contribution is 2.55. The number of hydrogen-bond donors (Lipinski definition) is 2. The minimum atomic E-state index is -1.89. The summed E-state index contributed by atoms with van der Waals surface area (Å²) >= 11 is 0. The van der Waals surface area contributed by atoms with Crippen LogP contribution in [0, 0.1) is 6.10 Å². The Morgan fingerprint density at radius 1 is 1.25 bits per heavy atom. The first-order valence-corrected chi connectivity index (χ1v) is 7.75. The highest BCUT2D eigenvalue weighted by molar-refractivity contribution is 6.17. The zero-order valence-corrected chi connectivity index (χ0v) is 13.3. The van der Waals surface area contributed by atoms with Gasteiger partial charge in [0.1, 0.15) is 5.75 Å². The Morgan fingerprint density at radius 2 is 2.00 bits per heavy atom. The first-order valence-electron chi connectivity index (χ1n) is 7.75. The van der Waals surface area contributed by atoms with Crippen LogP contribution in [0.2, 0.25) is 0 Å². The minimum Gasteiger partial charge on any atom is -0.473 e. The summed E-state index contributed by atoms with van der Waals surface area (Å²) < 4.78 is 5.85. The second kappa shape index (κ2) is 4.68. The second-order valence-electron chi connectivity index (χ2n) is 6.47. The molecular weight excluding hydrogens is 306 g/mol. The monoisotopic (exact) mass is 322 g/mol. The summed E-state index contributed by atoms with van der Waals surface area (Å²) in [5, 5.41) is 11.1. The van der Waals surface area contributed by atoms with Crippen molar-refractivity contribution in [2.45, 2.75) is 25.4 Å². The van der Waals surface area contributed by atoms with Crippen LogP contribution in [0.15, 0.2) is 36.4 Å². The van der Waals surface area contributed by atoms with Crippen molar-refractivity contribution in [1.29, 1.82) is 0 Å². The van der Waals surface area contributed by atoms with Gasteiger partial charge in [-0.3, -0.25) is 9.59 Å². The van der Waals surface area contributed by atoms with Crippen LogP contribution in [0.1, 0.15) is 57.2 Å². The predicted molar refractivity (Wildman–Crippen MR) is 86.7 cm³/mol. The van der Waals surface area contributed by atoms with Crippen molar-refractivity contribution in [2.75, 3.05) is 0 Å². The van der Waals surface area contributed by atoms with Crippen molar-refractivity contribution in [3.05, 3.63) is 70.3 Å². The van der Waals surface area contributed by atoms with Gasteiger partial charge in [-0.2, -0.15) is 0 Å². The average Bonchev–Trinajstić information content (AvgIpc) is 2.97. The standard InChI is InChI=1S/C19H16NO4/c1-9(2)10-6-7-13-14(8-10)24-17-11-4-3-5-12(18(20)22)15(11)16(21)19(13,17)23/h3-9,23H,1-2H3,(H2,20,22). The van der Waals surface area contributed by atoms with Gasteiger partial charge in [-0.25, -0.2) is 0 Å². The number of Topliss-reactive ketones (excluding diaryl/α,β-unsaturated/α-hetero) is 1. The summed E-state index contributed by atoms with van der Waals surface area (Å²) in [7, 11) is 0.